The molecule has 1 saturated carbocycles. The molecule has 1 heterocycles. The molecule has 0 atom stereocenters. The minimum atomic E-state index is -0.607. The van der Waals surface area contributed by atoms with Crippen molar-refractivity contribution in [3.05, 3.63) is 20.8 Å². The van der Waals surface area contributed by atoms with Crippen molar-refractivity contribution in [2.45, 2.75) is 32.2 Å². The lowest BCUT2D eigenvalue weighted by Gasteiger charge is -2.26. The van der Waals surface area contributed by atoms with Crippen molar-refractivity contribution in [2.75, 3.05) is 0 Å². The summed E-state index contributed by atoms with van der Waals surface area (Å²) in [5.74, 6) is -0.0166. The Morgan fingerprint density at radius 2 is 2.22 bits per heavy atom. The predicted octanol–water partition coefficient (Wildman–Crippen LogP) is 2.97. The molecule has 0 saturated heterocycles. The molecule has 1 aromatic heterocycles. The van der Waals surface area contributed by atoms with E-state index in [0.717, 1.165) is 35.0 Å². The summed E-state index contributed by atoms with van der Waals surface area (Å²) in [5.41, 5.74) is 5.17. The number of rotatable bonds is 4. The van der Waals surface area contributed by atoms with Gasteiger partial charge in [-0.25, -0.2) is 0 Å². The lowest BCUT2D eigenvalue weighted by molar-refractivity contribution is -0.127. The van der Waals surface area contributed by atoms with Crippen LogP contribution in [-0.4, -0.2) is 10.9 Å². The van der Waals surface area contributed by atoms with Crippen molar-refractivity contribution >= 4 is 50.4 Å². The summed E-state index contributed by atoms with van der Waals surface area (Å²) < 4.78 is 1.04. The van der Waals surface area contributed by atoms with Crippen LogP contribution in [0.5, 0.6) is 0 Å². The molecule has 0 aliphatic heterocycles. The fourth-order valence-corrected chi connectivity index (χ4v) is 4.03. The van der Waals surface area contributed by atoms with Crippen molar-refractivity contribution < 1.29 is 4.79 Å². The molecule has 18 heavy (non-hydrogen) atoms. The molecule has 1 aromatic rings. The van der Waals surface area contributed by atoms with E-state index in [0.29, 0.717) is 11.5 Å². The summed E-state index contributed by atoms with van der Waals surface area (Å²) >= 11 is 10.1. The highest BCUT2D eigenvalue weighted by molar-refractivity contribution is 9.10. The molecule has 6 heteroatoms. The fourth-order valence-electron chi connectivity index (χ4n) is 2.35. The lowest BCUT2D eigenvalue weighted by Crippen LogP contribution is -2.46. The Bertz CT molecular complexity index is 466. The summed E-state index contributed by atoms with van der Waals surface area (Å²) in [7, 11) is 0. The van der Waals surface area contributed by atoms with Gasteiger partial charge in [0.25, 0.3) is 0 Å². The van der Waals surface area contributed by atoms with Crippen LogP contribution in [0.25, 0.3) is 0 Å². The van der Waals surface area contributed by atoms with Gasteiger partial charge in [-0.2, -0.15) is 0 Å². The number of thiophene rings is 1. The first-order chi connectivity index (χ1) is 8.54. The average molecular weight is 347 g/mol. The zero-order valence-corrected chi connectivity index (χ0v) is 13.1. The van der Waals surface area contributed by atoms with Crippen LogP contribution in [-0.2, 0) is 11.3 Å². The second kappa shape index (κ2) is 5.67. The number of carbonyl (C=O) groups excluding carboxylic acids is 1. The largest absolute Gasteiger partial charge is 0.392 e. The fraction of sp³-hybridized carbons (Fsp3) is 0.500. The second-order valence-corrected chi connectivity index (χ2v) is 6.92. The van der Waals surface area contributed by atoms with Gasteiger partial charge in [0.2, 0.25) is 5.91 Å². The summed E-state index contributed by atoms with van der Waals surface area (Å²) in [6.45, 7) is 0.541. The third-order valence-electron chi connectivity index (χ3n) is 3.41. The third-order valence-corrected chi connectivity index (χ3v) is 5.50. The van der Waals surface area contributed by atoms with E-state index < -0.39 is 5.41 Å². The molecule has 1 aliphatic carbocycles. The van der Waals surface area contributed by atoms with Gasteiger partial charge >= 0.3 is 0 Å². The van der Waals surface area contributed by atoms with Gasteiger partial charge in [-0.1, -0.05) is 25.1 Å². The minimum absolute atomic E-state index is 0.0166. The highest BCUT2D eigenvalue weighted by Gasteiger charge is 2.43. The molecular weight excluding hydrogens is 332 g/mol. The SMILES string of the molecule is NC(=S)C1(C(=O)NCc2cc(Br)cs2)CCCC1. The van der Waals surface area contributed by atoms with Crippen LogP contribution in [0, 0.1) is 5.41 Å². The maximum atomic E-state index is 12.3. The molecule has 0 radical (unpaired) electrons. The molecular formula is C12H15BrN2OS2. The summed E-state index contributed by atoms with van der Waals surface area (Å²) in [4.78, 5) is 13.8. The topological polar surface area (TPSA) is 55.1 Å². The van der Waals surface area contributed by atoms with Crippen LogP contribution >= 0.6 is 39.5 Å². The molecule has 0 spiro atoms. The molecule has 1 fully saturated rings. The highest BCUT2D eigenvalue weighted by Crippen LogP contribution is 2.38. The van der Waals surface area contributed by atoms with Crippen LogP contribution in [0.3, 0.4) is 0 Å². The molecule has 0 unspecified atom stereocenters. The van der Waals surface area contributed by atoms with E-state index in [4.69, 9.17) is 18.0 Å². The summed E-state index contributed by atoms with van der Waals surface area (Å²) in [5, 5.41) is 4.96. The van der Waals surface area contributed by atoms with E-state index in [-0.39, 0.29) is 5.91 Å². The quantitative estimate of drug-likeness (QED) is 0.824. The zero-order valence-electron chi connectivity index (χ0n) is 9.87. The van der Waals surface area contributed by atoms with E-state index >= 15 is 0 Å². The van der Waals surface area contributed by atoms with Crippen molar-refractivity contribution in [3.63, 3.8) is 0 Å². The molecule has 1 aliphatic rings. The lowest BCUT2D eigenvalue weighted by atomic mass is 9.85. The first-order valence-electron chi connectivity index (χ1n) is 5.86. The molecule has 3 nitrogen and oxygen atoms in total. The molecule has 1 amide bonds. The monoisotopic (exact) mass is 346 g/mol. The van der Waals surface area contributed by atoms with Gasteiger partial charge in [-0.15, -0.1) is 11.3 Å². The smallest absolute Gasteiger partial charge is 0.233 e. The van der Waals surface area contributed by atoms with E-state index in [9.17, 15) is 4.79 Å². The van der Waals surface area contributed by atoms with Gasteiger partial charge in [0.1, 0.15) is 0 Å². The van der Waals surface area contributed by atoms with Crippen LogP contribution < -0.4 is 11.1 Å². The van der Waals surface area contributed by atoms with Crippen LogP contribution in [0.2, 0.25) is 0 Å². The number of carbonyl (C=O) groups is 1. The predicted molar refractivity (Wildman–Crippen MR) is 81.6 cm³/mol. The van der Waals surface area contributed by atoms with Crippen molar-refractivity contribution in [2.24, 2.45) is 11.1 Å². The molecule has 0 aromatic carbocycles. The van der Waals surface area contributed by atoms with Gasteiger partial charge in [0.15, 0.2) is 0 Å². The van der Waals surface area contributed by atoms with Crippen molar-refractivity contribution in [1.82, 2.24) is 5.32 Å². The number of hydrogen-bond donors (Lipinski definition) is 2. The van der Waals surface area contributed by atoms with Gasteiger partial charge in [-0.05, 0) is 34.8 Å². The minimum Gasteiger partial charge on any atom is -0.392 e. The Labute approximate surface area is 124 Å². The molecule has 0 bridgehead atoms. The number of thiocarbonyl (C=S) groups is 1. The van der Waals surface area contributed by atoms with Gasteiger partial charge in [-0.3, -0.25) is 4.79 Å². The number of hydrogen-bond acceptors (Lipinski definition) is 3. The van der Waals surface area contributed by atoms with E-state index in [1.807, 2.05) is 11.4 Å². The highest BCUT2D eigenvalue weighted by atomic mass is 79.9. The number of nitrogens with one attached hydrogen (secondary N) is 1. The van der Waals surface area contributed by atoms with Crippen LogP contribution in [0.1, 0.15) is 30.6 Å². The maximum absolute atomic E-state index is 12.3. The van der Waals surface area contributed by atoms with Crippen molar-refractivity contribution in [3.8, 4) is 0 Å². The van der Waals surface area contributed by atoms with E-state index in [1.165, 1.54) is 0 Å². The third kappa shape index (κ3) is 2.75. The first kappa shape index (κ1) is 14.0. The molecule has 3 N–H and O–H groups in total. The van der Waals surface area contributed by atoms with Gasteiger partial charge in [0.05, 0.1) is 16.9 Å². The Kier molecular flexibility index (Phi) is 4.40. The van der Waals surface area contributed by atoms with Crippen molar-refractivity contribution in [1.29, 1.82) is 0 Å². The number of amides is 1. The van der Waals surface area contributed by atoms with Gasteiger partial charge < -0.3 is 11.1 Å². The summed E-state index contributed by atoms with van der Waals surface area (Å²) in [6, 6.07) is 2.01. The second-order valence-electron chi connectivity index (χ2n) is 4.57. The van der Waals surface area contributed by atoms with Crippen LogP contribution in [0.4, 0.5) is 0 Å². The molecule has 98 valence electrons. The number of halogens is 1. The normalized spacial score (nSPS) is 17.6. The van der Waals surface area contributed by atoms with Gasteiger partial charge in [0, 0.05) is 14.7 Å². The molecule has 2 rings (SSSR count). The Morgan fingerprint density at radius 1 is 1.56 bits per heavy atom. The summed E-state index contributed by atoms with van der Waals surface area (Å²) in [6.07, 6.45) is 3.61. The maximum Gasteiger partial charge on any atom is 0.233 e. The van der Waals surface area contributed by atoms with E-state index in [2.05, 4.69) is 21.2 Å². The van der Waals surface area contributed by atoms with Crippen LogP contribution in [0.15, 0.2) is 15.9 Å². The number of nitrogens with two attached hydrogens (primary N) is 1. The zero-order chi connectivity index (χ0) is 13.2. The first-order valence-corrected chi connectivity index (χ1v) is 7.94. The average Bonchev–Trinajstić information content (AvgIpc) is 2.95. The standard InChI is InChI=1S/C12H15BrN2OS2/c13-8-5-9(18-7-8)6-15-11(16)12(10(14)17)3-1-2-4-12/h5,7H,1-4,6H2,(H2,14,17)(H,15,16). The Morgan fingerprint density at radius 3 is 2.72 bits per heavy atom. The van der Waals surface area contributed by atoms with E-state index in [1.54, 1.807) is 11.3 Å². The Balaban J connectivity index is 2.00. The Hall–Kier alpha value is -0.460.